The molecule has 5 heteroatoms. The second kappa shape index (κ2) is 5.75. The number of nitrogens with one attached hydrogen (secondary N) is 1. The van der Waals surface area contributed by atoms with Crippen LogP contribution < -0.4 is 11.1 Å². The molecular formula is C11H16N4S. The zero-order valence-corrected chi connectivity index (χ0v) is 9.91. The first-order valence-electron chi connectivity index (χ1n) is 5.44. The number of hydrogen-bond donors (Lipinski definition) is 2. The summed E-state index contributed by atoms with van der Waals surface area (Å²) in [5.74, 6) is 2.45. The van der Waals surface area contributed by atoms with Gasteiger partial charge in [0.1, 0.15) is 5.82 Å². The molecule has 1 aromatic heterocycles. The number of guanidine groups is 1. The maximum absolute atomic E-state index is 5.77. The molecule has 3 N–H and O–H groups in total. The maximum Gasteiger partial charge on any atom is 0.194 e. The van der Waals surface area contributed by atoms with E-state index in [1.54, 1.807) is 6.20 Å². The predicted molar refractivity (Wildman–Crippen MR) is 69.8 cm³/mol. The summed E-state index contributed by atoms with van der Waals surface area (Å²) in [6.45, 7) is 0.802. The fourth-order valence-electron chi connectivity index (χ4n) is 1.60. The molecule has 1 atom stereocenters. The Hall–Kier alpha value is -1.23. The summed E-state index contributed by atoms with van der Waals surface area (Å²) in [6.07, 6.45) is 4.28. The molecule has 0 bridgehead atoms. The highest BCUT2D eigenvalue weighted by atomic mass is 32.2. The molecule has 0 aromatic carbocycles. The van der Waals surface area contributed by atoms with Gasteiger partial charge in [0.05, 0.1) is 6.54 Å². The minimum atomic E-state index is 0.450. The van der Waals surface area contributed by atoms with E-state index in [4.69, 9.17) is 5.73 Å². The van der Waals surface area contributed by atoms with Gasteiger partial charge in [0.15, 0.2) is 5.96 Å². The molecule has 1 saturated heterocycles. The number of rotatable bonds is 3. The van der Waals surface area contributed by atoms with Crippen LogP contribution in [0.15, 0.2) is 29.4 Å². The van der Waals surface area contributed by atoms with Crippen LogP contribution >= 0.6 is 11.8 Å². The Bertz CT molecular complexity index is 346. The van der Waals surface area contributed by atoms with Crippen molar-refractivity contribution in [2.24, 2.45) is 10.7 Å². The number of pyridine rings is 1. The topological polar surface area (TPSA) is 63.3 Å². The minimum Gasteiger partial charge on any atom is -0.370 e. The van der Waals surface area contributed by atoms with Crippen molar-refractivity contribution in [2.75, 3.05) is 17.6 Å². The Morgan fingerprint density at radius 3 is 3.25 bits per heavy atom. The Morgan fingerprint density at radius 1 is 1.62 bits per heavy atom. The van der Waals surface area contributed by atoms with E-state index in [9.17, 15) is 0 Å². The Labute approximate surface area is 99.7 Å². The third-order valence-electron chi connectivity index (χ3n) is 2.41. The fraction of sp³-hybridized carbons (Fsp3) is 0.455. The van der Waals surface area contributed by atoms with Crippen LogP contribution in [0.3, 0.4) is 0 Å². The third kappa shape index (κ3) is 3.41. The summed E-state index contributed by atoms with van der Waals surface area (Å²) in [6, 6.07) is 5.65. The van der Waals surface area contributed by atoms with Crippen LogP contribution in [0.5, 0.6) is 0 Å². The largest absolute Gasteiger partial charge is 0.370 e. The Kier molecular flexibility index (Phi) is 4.04. The molecule has 16 heavy (non-hydrogen) atoms. The first-order valence-corrected chi connectivity index (χ1v) is 6.49. The van der Waals surface area contributed by atoms with Gasteiger partial charge in [-0.2, -0.15) is 11.8 Å². The molecule has 2 heterocycles. The quantitative estimate of drug-likeness (QED) is 0.619. The van der Waals surface area contributed by atoms with Crippen LogP contribution in [-0.2, 0) is 0 Å². The maximum atomic E-state index is 5.77. The highest BCUT2D eigenvalue weighted by molar-refractivity contribution is 8.00. The Balaban J connectivity index is 1.82. The van der Waals surface area contributed by atoms with Gasteiger partial charge in [0.25, 0.3) is 0 Å². The van der Waals surface area contributed by atoms with Crippen LogP contribution in [0, 0.1) is 0 Å². The second-order valence-corrected chi connectivity index (χ2v) is 5.11. The van der Waals surface area contributed by atoms with Gasteiger partial charge in [0, 0.05) is 11.4 Å². The van der Waals surface area contributed by atoms with Crippen LogP contribution in [0.4, 0.5) is 5.82 Å². The molecule has 0 spiro atoms. The summed E-state index contributed by atoms with van der Waals surface area (Å²) < 4.78 is 0. The minimum absolute atomic E-state index is 0.450. The van der Waals surface area contributed by atoms with Crippen molar-refractivity contribution in [1.29, 1.82) is 0 Å². The van der Waals surface area contributed by atoms with Crippen molar-refractivity contribution in [2.45, 2.75) is 18.1 Å². The van der Waals surface area contributed by atoms with E-state index in [2.05, 4.69) is 15.3 Å². The highest BCUT2D eigenvalue weighted by Gasteiger charge is 2.14. The SMILES string of the molecule is NC(=NCC1CCCS1)Nc1ccccn1. The molecule has 1 aliphatic heterocycles. The smallest absolute Gasteiger partial charge is 0.194 e. The number of aliphatic imine (C=N–C) groups is 1. The summed E-state index contributed by atoms with van der Waals surface area (Å²) >= 11 is 1.98. The molecule has 1 aliphatic rings. The molecule has 0 radical (unpaired) electrons. The van der Waals surface area contributed by atoms with Gasteiger partial charge in [-0.05, 0) is 30.7 Å². The van der Waals surface area contributed by atoms with Gasteiger partial charge in [0.2, 0.25) is 0 Å². The third-order valence-corrected chi connectivity index (χ3v) is 3.79. The van der Waals surface area contributed by atoms with E-state index < -0.39 is 0 Å². The number of thioether (sulfide) groups is 1. The molecular weight excluding hydrogens is 220 g/mol. The number of hydrogen-bond acceptors (Lipinski definition) is 3. The molecule has 4 nitrogen and oxygen atoms in total. The van der Waals surface area contributed by atoms with E-state index in [1.807, 2.05) is 30.0 Å². The lowest BCUT2D eigenvalue weighted by Crippen LogP contribution is -2.24. The molecule has 1 unspecified atom stereocenters. The molecule has 1 fully saturated rings. The number of nitrogens with two attached hydrogens (primary N) is 1. The predicted octanol–water partition coefficient (Wildman–Crippen LogP) is 1.70. The first-order chi connectivity index (χ1) is 7.84. The number of anilines is 1. The summed E-state index contributed by atoms with van der Waals surface area (Å²) in [5, 5.41) is 3.62. The normalized spacial score (nSPS) is 21.0. The zero-order valence-electron chi connectivity index (χ0n) is 9.10. The van der Waals surface area contributed by atoms with Gasteiger partial charge >= 0.3 is 0 Å². The molecule has 0 amide bonds. The number of nitrogens with zero attached hydrogens (tertiary/aromatic N) is 2. The lowest BCUT2D eigenvalue weighted by Gasteiger charge is -2.06. The van der Waals surface area contributed by atoms with Crippen molar-refractivity contribution >= 4 is 23.5 Å². The van der Waals surface area contributed by atoms with E-state index in [1.165, 1.54) is 18.6 Å². The van der Waals surface area contributed by atoms with E-state index in [0.717, 1.165) is 12.4 Å². The lowest BCUT2D eigenvalue weighted by molar-refractivity contribution is 0.786. The van der Waals surface area contributed by atoms with E-state index >= 15 is 0 Å². The fourth-order valence-corrected chi connectivity index (χ4v) is 2.78. The van der Waals surface area contributed by atoms with E-state index in [0.29, 0.717) is 11.2 Å². The van der Waals surface area contributed by atoms with Crippen LogP contribution in [-0.4, -0.2) is 28.5 Å². The molecule has 86 valence electrons. The monoisotopic (exact) mass is 236 g/mol. The van der Waals surface area contributed by atoms with Crippen molar-refractivity contribution in [3.05, 3.63) is 24.4 Å². The van der Waals surface area contributed by atoms with Crippen molar-refractivity contribution < 1.29 is 0 Å². The van der Waals surface area contributed by atoms with Crippen molar-refractivity contribution in [3.8, 4) is 0 Å². The van der Waals surface area contributed by atoms with Gasteiger partial charge in [-0.25, -0.2) is 4.98 Å². The average molecular weight is 236 g/mol. The van der Waals surface area contributed by atoms with Crippen LogP contribution in [0.2, 0.25) is 0 Å². The standard InChI is InChI=1S/C11H16N4S/c12-11(14-8-9-4-3-7-16-9)15-10-5-1-2-6-13-10/h1-2,5-6,9H,3-4,7-8H2,(H3,12,13,14,15). The lowest BCUT2D eigenvalue weighted by atomic mass is 10.2. The van der Waals surface area contributed by atoms with Gasteiger partial charge in [-0.1, -0.05) is 6.07 Å². The zero-order chi connectivity index (χ0) is 11.2. The molecule has 2 rings (SSSR count). The number of aromatic nitrogens is 1. The first kappa shape index (κ1) is 11.3. The van der Waals surface area contributed by atoms with Gasteiger partial charge in [-0.3, -0.25) is 4.99 Å². The van der Waals surface area contributed by atoms with Gasteiger partial charge in [-0.15, -0.1) is 0 Å². The highest BCUT2D eigenvalue weighted by Crippen LogP contribution is 2.25. The molecule has 1 aromatic rings. The van der Waals surface area contributed by atoms with E-state index in [-0.39, 0.29) is 0 Å². The molecule has 0 saturated carbocycles. The summed E-state index contributed by atoms with van der Waals surface area (Å²) in [4.78, 5) is 8.45. The van der Waals surface area contributed by atoms with Crippen molar-refractivity contribution in [1.82, 2.24) is 4.98 Å². The molecule has 0 aliphatic carbocycles. The second-order valence-electron chi connectivity index (χ2n) is 3.70. The van der Waals surface area contributed by atoms with Crippen molar-refractivity contribution in [3.63, 3.8) is 0 Å². The summed E-state index contributed by atoms with van der Waals surface area (Å²) in [5.41, 5.74) is 5.77. The average Bonchev–Trinajstić information content (AvgIpc) is 2.81. The van der Waals surface area contributed by atoms with Gasteiger partial charge < -0.3 is 11.1 Å². The summed E-state index contributed by atoms with van der Waals surface area (Å²) in [7, 11) is 0. The Morgan fingerprint density at radius 2 is 2.56 bits per heavy atom. The van der Waals surface area contributed by atoms with Crippen LogP contribution in [0.25, 0.3) is 0 Å². The van der Waals surface area contributed by atoms with Crippen LogP contribution in [0.1, 0.15) is 12.8 Å².